The molecule has 0 unspecified atom stereocenters. The predicted octanol–water partition coefficient (Wildman–Crippen LogP) is 2.92. The molecule has 1 aliphatic rings. The van der Waals surface area contributed by atoms with Crippen LogP contribution >= 0.6 is 7.82 Å². The van der Waals surface area contributed by atoms with Crippen molar-refractivity contribution in [1.82, 2.24) is 0 Å². The average molecular weight is 276 g/mol. The van der Waals surface area contributed by atoms with E-state index in [-0.39, 0.29) is 5.75 Å². The highest BCUT2D eigenvalue weighted by molar-refractivity contribution is 7.46. The molecule has 98 valence electrons. The summed E-state index contributed by atoms with van der Waals surface area (Å²) in [7, 11) is -4.52. The Morgan fingerprint density at radius 2 is 1.68 bits per heavy atom. The van der Waals surface area contributed by atoms with Crippen LogP contribution in [0, 0.1) is 0 Å². The first-order valence-electron chi connectivity index (χ1n) is 6.00. The second-order valence-electron chi connectivity index (χ2n) is 4.52. The predicted molar refractivity (Wildman–Crippen MR) is 72.0 cm³/mol. The zero-order valence-electron chi connectivity index (χ0n) is 10.1. The second-order valence-corrected chi connectivity index (χ2v) is 5.69. The Morgan fingerprint density at radius 1 is 0.947 bits per heavy atom. The van der Waals surface area contributed by atoms with Gasteiger partial charge in [0.25, 0.3) is 0 Å². The smallest absolute Gasteiger partial charge is 0.404 e. The molecule has 2 aromatic rings. The number of phosphoric ester groups is 1. The molecule has 2 aromatic carbocycles. The van der Waals surface area contributed by atoms with Crippen LogP contribution < -0.4 is 4.52 Å². The summed E-state index contributed by atoms with van der Waals surface area (Å²) in [6, 6.07) is 13.4. The van der Waals surface area contributed by atoms with Crippen LogP contribution in [0.2, 0.25) is 0 Å². The number of benzene rings is 2. The Kier molecular flexibility index (Phi) is 2.94. The Labute approximate surface area is 110 Å². The van der Waals surface area contributed by atoms with Crippen molar-refractivity contribution in [3.8, 4) is 16.9 Å². The molecular weight excluding hydrogens is 263 g/mol. The lowest BCUT2D eigenvalue weighted by Gasteiger charge is -2.22. The highest BCUT2D eigenvalue weighted by Gasteiger charge is 2.23. The van der Waals surface area contributed by atoms with E-state index in [4.69, 9.17) is 14.3 Å². The first-order chi connectivity index (χ1) is 9.04. The molecule has 0 atom stereocenters. The van der Waals surface area contributed by atoms with Gasteiger partial charge in [0, 0.05) is 5.56 Å². The molecular formula is C14H13O4P. The van der Waals surface area contributed by atoms with E-state index in [1.165, 1.54) is 5.56 Å². The lowest BCUT2D eigenvalue weighted by molar-refractivity contribution is 0.282. The SMILES string of the molecule is O=P(O)(O)Oc1cccc2c1CCc1ccccc1-2. The highest BCUT2D eigenvalue weighted by Crippen LogP contribution is 2.44. The monoisotopic (exact) mass is 276 g/mol. The fourth-order valence-corrected chi connectivity index (χ4v) is 2.98. The molecule has 4 nitrogen and oxygen atoms in total. The van der Waals surface area contributed by atoms with Crippen molar-refractivity contribution >= 4 is 7.82 Å². The molecule has 0 heterocycles. The lowest BCUT2D eigenvalue weighted by atomic mass is 9.85. The molecule has 2 N–H and O–H groups in total. The summed E-state index contributed by atoms with van der Waals surface area (Å²) in [5.74, 6) is 0.278. The van der Waals surface area contributed by atoms with Gasteiger partial charge in [0.1, 0.15) is 5.75 Å². The van der Waals surface area contributed by atoms with Crippen molar-refractivity contribution in [2.75, 3.05) is 0 Å². The van der Waals surface area contributed by atoms with Gasteiger partial charge in [-0.05, 0) is 35.6 Å². The quantitative estimate of drug-likeness (QED) is 0.828. The van der Waals surface area contributed by atoms with Gasteiger partial charge in [0.15, 0.2) is 0 Å². The third kappa shape index (κ3) is 2.43. The molecule has 0 spiro atoms. The van der Waals surface area contributed by atoms with Crippen molar-refractivity contribution < 1.29 is 18.9 Å². The van der Waals surface area contributed by atoms with Gasteiger partial charge in [-0.1, -0.05) is 36.4 Å². The minimum Gasteiger partial charge on any atom is -0.404 e. The fraction of sp³-hybridized carbons (Fsp3) is 0.143. The van der Waals surface area contributed by atoms with Crippen LogP contribution in [0.5, 0.6) is 5.75 Å². The van der Waals surface area contributed by atoms with E-state index in [9.17, 15) is 4.57 Å². The molecule has 0 radical (unpaired) electrons. The zero-order chi connectivity index (χ0) is 13.5. The van der Waals surface area contributed by atoms with Gasteiger partial charge in [0.2, 0.25) is 0 Å². The van der Waals surface area contributed by atoms with Gasteiger partial charge in [-0.25, -0.2) is 4.57 Å². The van der Waals surface area contributed by atoms with Crippen LogP contribution in [0.25, 0.3) is 11.1 Å². The van der Waals surface area contributed by atoms with Crippen molar-refractivity contribution in [2.24, 2.45) is 0 Å². The third-order valence-corrected chi connectivity index (χ3v) is 3.74. The third-order valence-electron chi connectivity index (χ3n) is 3.30. The molecule has 5 heteroatoms. The maximum absolute atomic E-state index is 11.0. The summed E-state index contributed by atoms with van der Waals surface area (Å²) in [4.78, 5) is 17.9. The average Bonchev–Trinajstić information content (AvgIpc) is 2.37. The molecule has 0 amide bonds. The maximum Gasteiger partial charge on any atom is 0.524 e. The number of hydrogen-bond acceptors (Lipinski definition) is 2. The molecule has 3 rings (SSSR count). The molecule has 0 bridgehead atoms. The standard InChI is InChI=1S/C14H13O4P/c15-19(16,17)18-14-7-3-6-12-11-5-2-1-4-10(11)8-9-13(12)14/h1-7H,8-9H2,(H2,15,16,17). The fourth-order valence-electron chi connectivity index (χ4n) is 2.55. The van der Waals surface area contributed by atoms with Gasteiger partial charge >= 0.3 is 7.82 Å². The second kappa shape index (κ2) is 4.49. The van der Waals surface area contributed by atoms with Crippen LogP contribution in [0.4, 0.5) is 0 Å². The Morgan fingerprint density at radius 3 is 2.47 bits per heavy atom. The number of phosphoric acid groups is 1. The van der Waals surface area contributed by atoms with E-state index in [1.54, 1.807) is 12.1 Å². The molecule has 0 fully saturated rings. The van der Waals surface area contributed by atoms with E-state index >= 15 is 0 Å². The van der Waals surface area contributed by atoms with Gasteiger partial charge in [-0.3, -0.25) is 9.79 Å². The summed E-state index contributed by atoms with van der Waals surface area (Å²) >= 11 is 0. The normalized spacial score (nSPS) is 13.6. The van der Waals surface area contributed by atoms with Gasteiger partial charge in [-0.15, -0.1) is 0 Å². The van der Waals surface area contributed by atoms with Crippen molar-refractivity contribution in [3.05, 3.63) is 53.6 Å². The van der Waals surface area contributed by atoms with E-state index in [0.29, 0.717) is 0 Å². The zero-order valence-corrected chi connectivity index (χ0v) is 11.0. The molecule has 1 aliphatic carbocycles. The number of aryl methyl sites for hydroxylation is 1. The number of hydrogen-bond donors (Lipinski definition) is 2. The minimum absolute atomic E-state index is 0.278. The minimum atomic E-state index is -4.52. The summed E-state index contributed by atoms with van der Waals surface area (Å²) in [6.45, 7) is 0. The summed E-state index contributed by atoms with van der Waals surface area (Å²) in [5, 5.41) is 0. The van der Waals surface area contributed by atoms with Crippen LogP contribution in [0.15, 0.2) is 42.5 Å². The lowest BCUT2D eigenvalue weighted by Crippen LogP contribution is -2.06. The van der Waals surface area contributed by atoms with Crippen molar-refractivity contribution in [2.45, 2.75) is 12.8 Å². The van der Waals surface area contributed by atoms with E-state index < -0.39 is 7.82 Å². The van der Waals surface area contributed by atoms with Crippen molar-refractivity contribution in [1.29, 1.82) is 0 Å². The summed E-state index contributed by atoms with van der Waals surface area (Å²) in [6.07, 6.45) is 1.58. The van der Waals surface area contributed by atoms with E-state index in [0.717, 1.165) is 29.5 Å². The van der Waals surface area contributed by atoms with Crippen LogP contribution in [-0.2, 0) is 17.4 Å². The molecule has 0 saturated carbocycles. The maximum atomic E-state index is 11.0. The van der Waals surface area contributed by atoms with Gasteiger partial charge < -0.3 is 4.52 Å². The highest BCUT2D eigenvalue weighted by atomic mass is 31.2. The molecule has 0 aromatic heterocycles. The molecule has 19 heavy (non-hydrogen) atoms. The van der Waals surface area contributed by atoms with E-state index in [2.05, 4.69) is 6.07 Å². The first-order valence-corrected chi connectivity index (χ1v) is 7.53. The largest absolute Gasteiger partial charge is 0.524 e. The molecule has 0 saturated heterocycles. The summed E-state index contributed by atoms with van der Waals surface area (Å²) < 4.78 is 15.8. The van der Waals surface area contributed by atoms with Crippen molar-refractivity contribution in [3.63, 3.8) is 0 Å². The number of fused-ring (bicyclic) bond motifs is 3. The van der Waals surface area contributed by atoms with Crippen LogP contribution in [-0.4, -0.2) is 9.79 Å². The van der Waals surface area contributed by atoms with Crippen LogP contribution in [0.1, 0.15) is 11.1 Å². The Hall–Kier alpha value is -1.61. The van der Waals surface area contributed by atoms with Crippen LogP contribution in [0.3, 0.4) is 0 Å². The first kappa shape index (κ1) is 12.4. The number of rotatable bonds is 2. The van der Waals surface area contributed by atoms with Gasteiger partial charge in [0.05, 0.1) is 0 Å². The van der Waals surface area contributed by atoms with E-state index in [1.807, 2.05) is 24.3 Å². The Balaban J connectivity index is 2.13. The van der Waals surface area contributed by atoms with Gasteiger partial charge in [-0.2, -0.15) is 0 Å². The Bertz CT molecular complexity index is 675. The summed E-state index contributed by atoms with van der Waals surface area (Å²) in [5.41, 5.74) is 4.22. The topological polar surface area (TPSA) is 66.8 Å². The molecule has 0 aliphatic heterocycles.